The molecule has 7 heteroatoms. The van der Waals surface area contributed by atoms with Gasteiger partial charge in [-0.05, 0) is 47.8 Å². The van der Waals surface area contributed by atoms with Crippen molar-refractivity contribution in [1.29, 1.82) is 0 Å². The number of rotatable bonds is 3. The number of hydrogen-bond donors (Lipinski definition) is 0. The standard InChI is InChI=1S/C18H15N3O4/c22-17-15-11-5-6-12(14-7-13(11)14)16(15)18(23)20(17)19-8-9-1-3-10(4-2-9)21(24)25/h1-6,8,11-16H,7H2/b19-8-/t11-,12-,13-,14+,15+,16+/m0/s1. The lowest BCUT2D eigenvalue weighted by molar-refractivity contribution is -0.384. The SMILES string of the molecule is O=C1[C@@H]2[C@H]3C=C[C@@H]([C@@H]4C[C@H]34)[C@H]2C(=O)N1/N=C\c1ccc([N+](=O)[O-])cc1. The number of amides is 2. The Balaban J connectivity index is 1.39. The largest absolute Gasteiger partial charge is 0.272 e. The Morgan fingerprint density at radius 1 is 1.04 bits per heavy atom. The predicted molar refractivity (Wildman–Crippen MR) is 87.2 cm³/mol. The number of nitro benzene ring substituents is 1. The zero-order chi connectivity index (χ0) is 17.3. The van der Waals surface area contributed by atoms with Crippen molar-refractivity contribution in [2.75, 3.05) is 0 Å². The molecule has 1 aromatic rings. The van der Waals surface area contributed by atoms with Crippen LogP contribution in [0, 0.1) is 45.6 Å². The van der Waals surface area contributed by atoms with E-state index in [1.807, 2.05) is 0 Å². The van der Waals surface area contributed by atoms with Crippen LogP contribution in [0.3, 0.4) is 0 Å². The normalized spacial score (nSPS) is 37.5. The minimum absolute atomic E-state index is 0.0154. The summed E-state index contributed by atoms with van der Waals surface area (Å²) in [6.45, 7) is 0. The molecule has 1 saturated heterocycles. The maximum atomic E-state index is 12.7. The van der Waals surface area contributed by atoms with Crippen molar-refractivity contribution >= 4 is 23.7 Å². The second kappa shape index (κ2) is 4.84. The van der Waals surface area contributed by atoms with E-state index in [1.165, 1.54) is 18.3 Å². The Bertz CT molecular complexity index is 824. The number of nitrogens with zero attached hydrogens (tertiary/aromatic N) is 3. The van der Waals surface area contributed by atoms with Crippen LogP contribution in [-0.2, 0) is 9.59 Å². The number of carbonyl (C=O) groups excluding carboxylic acids is 2. The van der Waals surface area contributed by atoms with E-state index >= 15 is 0 Å². The highest BCUT2D eigenvalue weighted by atomic mass is 16.6. The summed E-state index contributed by atoms with van der Waals surface area (Å²) < 4.78 is 0. The molecule has 0 N–H and O–H groups in total. The van der Waals surface area contributed by atoms with E-state index in [9.17, 15) is 19.7 Å². The average Bonchev–Trinajstić information content (AvgIpc) is 3.39. The smallest absolute Gasteiger partial charge is 0.269 e. The van der Waals surface area contributed by atoms with Crippen molar-refractivity contribution in [3.8, 4) is 0 Å². The van der Waals surface area contributed by atoms with Gasteiger partial charge in [0, 0.05) is 12.1 Å². The average molecular weight is 337 g/mol. The summed E-state index contributed by atoms with van der Waals surface area (Å²) in [6.07, 6.45) is 6.78. The monoisotopic (exact) mass is 337 g/mol. The molecule has 4 aliphatic carbocycles. The van der Waals surface area contributed by atoms with Crippen molar-refractivity contribution in [2.24, 2.45) is 40.6 Å². The molecular formula is C18H15N3O4. The minimum Gasteiger partial charge on any atom is -0.272 e. The Kier molecular flexibility index (Phi) is 2.81. The second-order valence-corrected chi connectivity index (χ2v) is 7.24. The molecule has 6 rings (SSSR count). The first kappa shape index (κ1) is 14.5. The van der Waals surface area contributed by atoms with Crippen molar-refractivity contribution < 1.29 is 14.5 Å². The van der Waals surface area contributed by atoms with Gasteiger partial charge in [0.15, 0.2) is 0 Å². The number of allylic oxidation sites excluding steroid dienone is 2. The van der Waals surface area contributed by atoms with E-state index in [-0.39, 0.29) is 41.2 Å². The number of benzene rings is 1. The number of imide groups is 1. The fourth-order valence-electron chi connectivity index (χ4n) is 4.86. The van der Waals surface area contributed by atoms with Crippen LogP contribution in [0.25, 0.3) is 0 Å². The molecule has 0 unspecified atom stereocenters. The zero-order valence-corrected chi connectivity index (χ0v) is 13.2. The maximum Gasteiger partial charge on any atom is 0.269 e. The summed E-state index contributed by atoms with van der Waals surface area (Å²) in [7, 11) is 0. The Morgan fingerprint density at radius 2 is 1.60 bits per heavy atom. The first-order valence-electron chi connectivity index (χ1n) is 8.41. The van der Waals surface area contributed by atoms with Crippen LogP contribution < -0.4 is 0 Å². The Labute approximate surface area is 143 Å². The van der Waals surface area contributed by atoms with Gasteiger partial charge in [-0.25, -0.2) is 0 Å². The summed E-state index contributed by atoms with van der Waals surface area (Å²) in [5.74, 6) is 0.529. The van der Waals surface area contributed by atoms with Gasteiger partial charge in [-0.2, -0.15) is 10.1 Å². The van der Waals surface area contributed by atoms with Crippen LogP contribution in [0.15, 0.2) is 41.5 Å². The molecule has 3 fully saturated rings. The van der Waals surface area contributed by atoms with Gasteiger partial charge in [0.2, 0.25) is 0 Å². The Hall–Kier alpha value is -2.83. The lowest BCUT2D eigenvalue weighted by Crippen LogP contribution is -2.40. The molecule has 6 atom stereocenters. The number of hydrogen-bond acceptors (Lipinski definition) is 5. The molecule has 0 spiro atoms. The van der Waals surface area contributed by atoms with E-state index in [0.29, 0.717) is 17.4 Å². The molecule has 2 amide bonds. The van der Waals surface area contributed by atoms with E-state index in [2.05, 4.69) is 17.3 Å². The molecule has 126 valence electrons. The molecule has 2 bridgehead atoms. The third kappa shape index (κ3) is 1.95. The highest BCUT2D eigenvalue weighted by molar-refractivity contribution is 6.06. The predicted octanol–water partition coefficient (Wildman–Crippen LogP) is 1.98. The first-order chi connectivity index (χ1) is 12.1. The highest BCUT2D eigenvalue weighted by Crippen LogP contribution is 2.65. The van der Waals surface area contributed by atoms with Crippen LogP contribution >= 0.6 is 0 Å². The lowest BCUT2D eigenvalue weighted by atomic mass is 9.63. The van der Waals surface area contributed by atoms with Crippen molar-refractivity contribution in [2.45, 2.75) is 6.42 Å². The van der Waals surface area contributed by atoms with Gasteiger partial charge in [-0.1, -0.05) is 12.2 Å². The lowest BCUT2D eigenvalue weighted by Gasteiger charge is -2.37. The number of nitro groups is 1. The van der Waals surface area contributed by atoms with Crippen molar-refractivity contribution in [1.82, 2.24) is 5.01 Å². The van der Waals surface area contributed by atoms with Crippen LogP contribution in [0.5, 0.6) is 0 Å². The summed E-state index contributed by atoms with van der Waals surface area (Å²) >= 11 is 0. The topological polar surface area (TPSA) is 92.9 Å². The number of non-ortho nitro benzene ring substituents is 1. The summed E-state index contributed by atoms with van der Waals surface area (Å²) in [5, 5.41) is 15.8. The van der Waals surface area contributed by atoms with Gasteiger partial charge in [-0.3, -0.25) is 19.7 Å². The summed E-state index contributed by atoms with van der Waals surface area (Å²) in [5.41, 5.74) is 0.586. The van der Waals surface area contributed by atoms with Gasteiger partial charge in [0.05, 0.1) is 23.0 Å². The molecule has 25 heavy (non-hydrogen) atoms. The third-order valence-electron chi connectivity index (χ3n) is 6.07. The van der Waals surface area contributed by atoms with Gasteiger partial charge < -0.3 is 0 Å². The van der Waals surface area contributed by atoms with Gasteiger partial charge in [-0.15, -0.1) is 0 Å². The molecule has 1 aromatic carbocycles. The van der Waals surface area contributed by atoms with E-state index in [0.717, 1.165) is 11.4 Å². The Morgan fingerprint density at radius 3 is 2.12 bits per heavy atom. The van der Waals surface area contributed by atoms with E-state index < -0.39 is 4.92 Å². The van der Waals surface area contributed by atoms with Crippen LogP contribution in [-0.4, -0.2) is 28.0 Å². The molecule has 0 aromatic heterocycles. The molecular weight excluding hydrogens is 322 g/mol. The first-order valence-corrected chi connectivity index (χ1v) is 8.41. The maximum absolute atomic E-state index is 12.7. The van der Waals surface area contributed by atoms with Gasteiger partial charge >= 0.3 is 0 Å². The fraction of sp³-hybridized carbons (Fsp3) is 0.389. The minimum atomic E-state index is -0.479. The molecule has 1 aliphatic heterocycles. The van der Waals surface area contributed by atoms with Crippen LogP contribution in [0.2, 0.25) is 0 Å². The zero-order valence-electron chi connectivity index (χ0n) is 13.2. The third-order valence-corrected chi connectivity index (χ3v) is 6.07. The van der Waals surface area contributed by atoms with Gasteiger partial charge in [0.25, 0.3) is 17.5 Å². The van der Waals surface area contributed by atoms with Crippen molar-refractivity contribution in [3.05, 3.63) is 52.1 Å². The van der Waals surface area contributed by atoms with Gasteiger partial charge in [0.1, 0.15) is 0 Å². The van der Waals surface area contributed by atoms with E-state index in [1.54, 1.807) is 12.1 Å². The second-order valence-electron chi connectivity index (χ2n) is 7.24. The quantitative estimate of drug-likeness (QED) is 0.277. The van der Waals surface area contributed by atoms with E-state index in [4.69, 9.17) is 0 Å². The molecule has 1 heterocycles. The van der Waals surface area contributed by atoms with Crippen LogP contribution in [0.1, 0.15) is 12.0 Å². The van der Waals surface area contributed by atoms with Crippen molar-refractivity contribution in [3.63, 3.8) is 0 Å². The molecule has 2 saturated carbocycles. The number of carbonyl (C=O) groups is 2. The summed E-state index contributed by atoms with van der Waals surface area (Å²) in [4.78, 5) is 35.7. The van der Waals surface area contributed by atoms with Crippen LogP contribution in [0.4, 0.5) is 5.69 Å². The molecule has 7 nitrogen and oxygen atoms in total. The highest BCUT2D eigenvalue weighted by Gasteiger charge is 2.67. The molecule has 0 radical (unpaired) electrons. The molecule has 5 aliphatic rings. The number of hydrazone groups is 1. The fourth-order valence-corrected chi connectivity index (χ4v) is 4.86. The summed E-state index contributed by atoms with van der Waals surface area (Å²) in [6, 6.07) is 5.82.